The van der Waals surface area contributed by atoms with Crippen LogP contribution in [0.1, 0.15) is 13.8 Å². The van der Waals surface area contributed by atoms with E-state index < -0.39 is 22.0 Å². The molecule has 0 spiro atoms. The highest BCUT2D eigenvalue weighted by molar-refractivity contribution is 7.89. The number of nitrogens with one attached hydrogen (secondary N) is 1. The minimum absolute atomic E-state index is 0.0771. The molecule has 1 atom stereocenters. The van der Waals surface area contributed by atoms with Crippen LogP contribution in [0.3, 0.4) is 0 Å². The van der Waals surface area contributed by atoms with Gasteiger partial charge < -0.3 is 5.73 Å². The van der Waals surface area contributed by atoms with Crippen molar-refractivity contribution in [3.8, 4) is 0 Å². The van der Waals surface area contributed by atoms with E-state index in [1.165, 1.54) is 0 Å². The standard InChI is InChI=1S/C6H14N2O3S/c1-4(2)5(7)6(9)8-12(3,10)11/h4-5H,7H2,1-3H3,(H,8,9)/t5-/m0/s1. The first kappa shape index (κ1) is 11.4. The lowest BCUT2D eigenvalue weighted by Gasteiger charge is -2.13. The molecule has 0 radical (unpaired) electrons. The van der Waals surface area contributed by atoms with E-state index in [0.717, 1.165) is 6.26 Å². The highest BCUT2D eigenvalue weighted by atomic mass is 32.2. The maximum absolute atomic E-state index is 11.0. The van der Waals surface area contributed by atoms with E-state index in [1.54, 1.807) is 13.8 Å². The summed E-state index contributed by atoms with van der Waals surface area (Å²) in [7, 11) is -3.48. The highest BCUT2D eigenvalue weighted by Gasteiger charge is 2.19. The van der Waals surface area contributed by atoms with Gasteiger partial charge in [0.15, 0.2) is 0 Å². The Bertz CT molecular complexity index is 258. The molecule has 12 heavy (non-hydrogen) atoms. The van der Waals surface area contributed by atoms with Crippen molar-refractivity contribution in [1.82, 2.24) is 4.72 Å². The van der Waals surface area contributed by atoms with Crippen LogP contribution in [0.15, 0.2) is 0 Å². The quantitative estimate of drug-likeness (QED) is 0.606. The van der Waals surface area contributed by atoms with Crippen LogP contribution in [0.2, 0.25) is 0 Å². The first-order chi connectivity index (χ1) is 5.24. The molecule has 0 aliphatic rings. The minimum atomic E-state index is -3.48. The van der Waals surface area contributed by atoms with Crippen LogP contribution in [-0.2, 0) is 14.8 Å². The summed E-state index contributed by atoms with van der Waals surface area (Å²) in [4.78, 5) is 11.0. The third-order valence-corrected chi connectivity index (χ3v) is 1.88. The molecule has 0 aromatic rings. The Labute approximate surface area is 72.4 Å². The Morgan fingerprint density at radius 2 is 1.83 bits per heavy atom. The molecule has 0 bridgehead atoms. The largest absolute Gasteiger partial charge is 0.320 e. The van der Waals surface area contributed by atoms with Gasteiger partial charge in [-0.05, 0) is 5.92 Å². The third-order valence-electron chi connectivity index (χ3n) is 1.31. The summed E-state index contributed by atoms with van der Waals surface area (Å²) < 4.78 is 23.0. The van der Waals surface area contributed by atoms with E-state index in [0.29, 0.717) is 0 Å². The van der Waals surface area contributed by atoms with Gasteiger partial charge in [0.2, 0.25) is 10.0 Å². The van der Waals surface area contributed by atoms with Crippen molar-refractivity contribution in [3.05, 3.63) is 0 Å². The molecule has 72 valence electrons. The lowest BCUT2D eigenvalue weighted by atomic mass is 10.1. The average Bonchev–Trinajstić information content (AvgIpc) is 1.82. The van der Waals surface area contributed by atoms with E-state index in [-0.39, 0.29) is 5.92 Å². The number of nitrogens with two attached hydrogens (primary N) is 1. The second-order valence-corrected chi connectivity index (χ2v) is 4.76. The summed E-state index contributed by atoms with van der Waals surface area (Å²) in [6.07, 6.45) is 0.915. The fourth-order valence-electron chi connectivity index (χ4n) is 0.554. The van der Waals surface area contributed by atoms with E-state index in [4.69, 9.17) is 5.73 Å². The molecule has 1 amide bonds. The van der Waals surface area contributed by atoms with Gasteiger partial charge in [-0.3, -0.25) is 9.52 Å². The van der Waals surface area contributed by atoms with E-state index in [9.17, 15) is 13.2 Å². The molecule has 5 nitrogen and oxygen atoms in total. The number of sulfonamides is 1. The summed E-state index contributed by atoms with van der Waals surface area (Å²) in [6.45, 7) is 3.49. The van der Waals surface area contributed by atoms with Crippen molar-refractivity contribution in [2.75, 3.05) is 6.26 Å². The van der Waals surface area contributed by atoms with Gasteiger partial charge in [-0.1, -0.05) is 13.8 Å². The maximum atomic E-state index is 11.0. The van der Waals surface area contributed by atoms with Gasteiger partial charge in [0.25, 0.3) is 5.91 Å². The van der Waals surface area contributed by atoms with Crippen molar-refractivity contribution < 1.29 is 13.2 Å². The monoisotopic (exact) mass is 194 g/mol. The molecule has 0 aliphatic carbocycles. The third kappa shape index (κ3) is 4.30. The van der Waals surface area contributed by atoms with Gasteiger partial charge in [-0.15, -0.1) is 0 Å². The molecule has 0 aromatic heterocycles. The number of carbonyl (C=O) groups excluding carboxylic acids is 1. The van der Waals surface area contributed by atoms with E-state index in [1.807, 2.05) is 4.72 Å². The lowest BCUT2D eigenvalue weighted by Crippen LogP contribution is -2.45. The molecule has 3 N–H and O–H groups in total. The molecule has 0 fully saturated rings. The zero-order chi connectivity index (χ0) is 9.94. The smallest absolute Gasteiger partial charge is 0.250 e. The van der Waals surface area contributed by atoms with Gasteiger partial charge in [0, 0.05) is 0 Å². The molecule has 0 unspecified atom stereocenters. The summed E-state index contributed by atoms with van der Waals surface area (Å²) in [5, 5.41) is 0. The zero-order valence-electron chi connectivity index (χ0n) is 7.37. The number of hydrogen-bond acceptors (Lipinski definition) is 4. The molecule has 0 aromatic carbocycles. The number of amides is 1. The normalized spacial score (nSPS) is 14.4. The van der Waals surface area contributed by atoms with Gasteiger partial charge >= 0.3 is 0 Å². The molecule has 0 heterocycles. The predicted octanol–water partition coefficient (Wildman–Crippen LogP) is -0.954. The van der Waals surface area contributed by atoms with E-state index in [2.05, 4.69) is 0 Å². The fraction of sp³-hybridized carbons (Fsp3) is 0.833. The second-order valence-electron chi connectivity index (χ2n) is 3.01. The predicted molar refractivity (Wildman–Crippen MR) is 45.8 cm³/mol. The summed E-state index contributed by atoms with van der Waals surface area (Å²) in [6, 6.07) is -0.778. The summed E-state index contributed by atoms with van der Waals surface area (Å²) in [5.41, 5.74) is 5.39. The summed E-state index contributed by atoms with van der Waals surface area (Å²) >= 11 is 0. The summed E-state index contributed by atoms with van der Waals surface area (Å²) in [5.74, 6) is -0.737. The van der Waals surface area contributed by atoms with Crippen molar-refractivity contribution in [2.45, 2.75) is 19.9 Å². The minimum Gasteiger partial charge on any atom is -0.320 e. The first-order valence-electron chi connectivity index (χ1n) is 3.51. The number of rotatable bonds is 3. The van der Waals surface area contributed by atoms with Crippen molar-refractivity contribution >= 4 is 15.9 Å². The molecular formula is C6H14N2O3S. The topological polar surface area (TPSA) is 89.3 Å². The van der Waals surface area contributed by atoms with Gasteiger partial charge in [-0.25, -0.2) is 8.42 Å². The van der Waals surface area contributed by atoms with Crippen molar-refractivity contribution in [3.63, 3.8) is 0 Å². The lowest BCUT2D eigenvalue weighted by molar-refractivity contribution is -0.121. The molecule has 0 aliphatic heterocycles. The van der Waals surface area contributed by atoms with Crippen LogP contribution in [0, 0.1) is 5.92 Å². The molecule has 0 rings (SSSR count). The Morgan fingerprint density at radius 3 is 2.08 bits per heavy atom. The van der Waals surface area contributed by atoms with Crippen molar-refractivity contribution in [2.24, 2.45) is 11.7 Å². The number of hydrogen-bond donors (Lipinski definition) is 2. The van der Waals surface area contributed by atoms with Crippen LogP contribution in [0.4, 0.5) is 0 Å². The Morgan fingerprint density at radius 1 is 1.42 bits per heavy atom. The van der Waals surface area contributed by atoms with Crippen LogP contribution < -0.4 is 10.5 Å². The van der Waals surface area contributed by atoms with Gasteiger partial charge in [-0.2, -0.15) is 0 Å². The van der Waals surface area contributed by atoms with Gasteiger partial charge in [0.1, 0.15) is 0 Å². The fourth-order valence-corrected chi connectivity index (χ4v) is 1.06. The van der Waals surface area contributed by atoms with Crippen LogP contribution in [-0.4, -0.2) is 26.6 Å². The Hall–Kier alpha value is -0.620. The maximum Gasteiger partial charge on any atom is 0.250 e. The van der Waals surface area contributed by atoms with E-state index >= 15 is 0 Å². The molecule has 0 saturated carbocycles. The zero-order valence-corrected chi connectivity index (χ0v) is 8.18. The number of carbonyl (C=O) groups is 1. The van der Waals surface area contributed by atoms with Crippen LogP contribution in [0.5, 0.6) is 0 Å². The molecule has 6 heteroatoms. The molecular weight excluding hydrogens is 180 g/mol. The Balaban J connectivity index is 4.25. The highest BCUT2D eigenvalue weighted by Crippen LogP contribution is 1.97. The average molecular weight is 194 g/mol. The van der Waals surface area contributed by atoms with Crippen LogP contribution >= 0.6 is 0 Å². The molecule has 0 saturated heterocycles. The van der Waals surface area contributed by atoms with Crippen LogP contribution in [0.25, 0.3) is 0 Å². The Kier molecular flexibility index (Phi) is 3.66. The SMILES string of the molecule is CC(C)[C@H](N)C(=O)NS(C)(=O)=O. The second kappa shape index (κ2) is 3.86. The first-order valence-corrected chi connectivity index (χ1v) is 5.40. The van der Waals surface area contributed by atoms with Crippen molar-refractivity contribution in [1.29, 1.82) is 0 Å². The van der Waals surface area contributed by atoms with Gasteiger partial charge in [0.05, 0.1) is 12.3 Å².